The van der Waals surface area contributed by atoms with Crippen LogP contribution < -0.4 is 20.9 Å². The van der Waals surface area contributed by atoms with E-state index >= 15 is 0 Å². The van der Waals surface area contributed by atoms with Gasteiger partial charge in [-0.2, -0.15) is 0 Å². The van der Waals surface area contributed by atoms with E-state index in [-0.39, 0.29) is 35.3 Å². The van der Waals surface area contributed by atoms with E-state index in [1.807, 2.05) is 0 Å². The van der Waals surface area contributed by atoms with Gasteiger partial charge in [-0.1, -0.05) is 0 Å². The number of amides is 1. The van der Waals surface area contributed by atoms with Crippen molar-refractivity contribution in [3.8, 4) is 11.5 Å². The number of benzene rings is 1. The molecular weight excluding hydrogens is 410 g/mol. The number of pyridine rings is 2. The summed E-state index contributed by atoms with van der Waals surface area (Å²) in [6.07, 6.45) is 1.79. The fourth-order valence-electron chi connectivity index (χ4n) is 2.56. The normalized spacial score (nSPS) is 12.8. The second-order valence-corrected chi connectivity index (χ2v) is 6.68. The number of ether oxygens (including phenoxy) is 1. The quantitative estimate of drug-likeness (QED) is 0.436. The van der Waals surface area contributed by atoms with Crippen LogP contribution in [0.25, 0.3) is 0 Å². The largest absolute Gasteiger partial charge is 0.453 e. The van der Waals surface area contributed by atoms with Gasteiger partial charge in [-0.15, -0.1) is 0 Å². The summed E-state index contributed by atoms with van der Waals surface area (Å²) in [5, 5.41) is 15.6. The van der Waals surface area contributed by atoms with Crippen molar-refractivity contribution >= 4 is 11.7 Å². The van der Waals surface area contributed by atoms with Gasteiger partial charge in [0.15, 0.2) is 11.6 Å². The van der Waals surface area contributed by atoms with Crippen LogP contribution in [0, 0.1) is 11.6 Å². The molecule has 2 aromatic heterocycles. The topological polar surface area (TPSA) is 116 Å². The lowest BCUT2D eigenvalue weighted by atomic mass is 10.1. The van der Waals surface area contributed by atoms with Gasteiger partial charge in [0, 0.05) is 24.9 Å². The van der Waals surface area contributed by atoms with Crippen LogP contribution in [0.2, 0.25) is 0 Å². The minimum Gasteiger partial charge on any atom is -0.453 e. The summed E-state index contributed by atoms with van der Waals surface area (Å²) in [7, 11) is 0. The number of aromatic nitrogens is 2. The van der Waals surface area contributed by atoms with Crippen molar-refractivity contribution in [3.63, 3.8) is 0 Å². The van der Waals surface area contributed by atoms with Gasteiger partial charge >= 0.3 is 0 Å². The van der Waals surface area contributed by atoms with Crippen molar-refractivity contribution in [1.29, 1.82) is 0 Å². The molecule has 31 heavy (non-hydrogen) atoms. The Labute approximate surface area is 175 Å². The van der Waals surface area contributed by atoms with Crippen molar-refractivity contribution in [2.75, 3.05) is 11.9 Å². The van der Waals surface area contributed by atoms with E-state index in [0.717, 1.165) is 12.1 Å². The molecule has 8 nitrogen and oxygen atoms in total. The summed E-state index contributed by atoms with van der Waals surface area (Å²) in [6.45, 7) is 1.70. The standard InChI is InChI=1S/C21H20F2N4O4/c1-12(24-11-17(28)13-2-7-20(29)26-9-13)21(30)27-19-6-4-15(10-25-19)31-18-5-3-14(22)8-16(18)23/h2-10,12,17,24,28H,11H2,1H3,(H,26,29)(H,25,27,30)/t12-,17+/m0/s1. The van der Waals surface area contributed by atoms with E-state index in [1.165, 1.54) is 36.7 Å². The molecule has 0 radical (unpaired) electrons. The van der Waals surface area contributed by atoms with E-state index < -0.39 is 23.8 Å². The lowest BCUT2D eigenvalue weighted by Crippen LogP contribution is -2.40. The van der Waals surface area contributed by atoms with Crippen LogP contribution in [-0.4, -0.2) is 33.6 Å². The lowest BCUT2D eigenvalue weighted by molar-refractivity contribution is -0.117. The average molecular weight is 430 g/mol. The number of carbonyl (C=O) groups excluding carboxylic acids is 1. The van der Waals surface area contributed by atoms with Crippen molar-refractivity contribution < 1.29 is 23.4 Å². The first-order valence-electron chi connectivity index (χ1n) is 9.32. The van der Waals surface area contributed by atoms with Gasteiger partial charge in [0.25, 0.3) is 0 Å². The average Bonchev–Trinajstić information content (AvgIpc) is 2.75. The number of nitrogens with one attached hydrogen (secondary N) is 3. The van der Waals surface area contributed by atoms with Gasteiger partial charge < -0.3 is 25.5 Å². The van der Waals surface area contributed by atoms with Crippen LogP contribution in [0.4, 0.5) is 14.6 Å². The molecule has 10 heteroatoms. The van der Waals surface area contributed by atoms with Crippen molar-refractivity contribution in [1.82, 2.24) is 15.3 Å². The smallest absolute Gasteiger partial charge is 0.247 e. The first-order valence-corrected chi connectivity index (χ1v) is 9.32. The fraction of sp³-hybridized carbons (Fsp3) is 0.190. The second-order valence-electron chi connectivity index (χ2n) is 6.68. The molecule has 0 saturated carbocycles. The lowest BCUT2D eigenvalue weighted by Gasteiger charge is -2.17. The molecular formula is C21H20F2N4O4. The Morgan fingerprint density at radius 3 is 2.68 bits per heavy atom. The number of halogens is 2. The van der Waals surface area contributed by atoms with Gasteiger partial charge in [0.2, 0.25) is 11.5 Å². The van der Waals surface area contributed by atoms with Crippen LogP contribution in [-0.2, 0) is 4.79 Å². The number of hydrogen-bond acceptors (Lipinski definition) is 6. The zero-order valence-corrected chi connectivity index (χ0v) is 16.4. The van der Waals surface area contributed by atoms with Crippen LogP contribution in [0.5, 0.6) is 11.5 Å². The van der Waals surface area contributed by atoms with Gasteiger partial charge in [-0.25, -0.2) is 13.8 Å². The Hall–Kier alpha value is -3.63. The van der Waals surface area contributed by atoms with E-state index in [2.05, 4.69) is 20.6 Å². The number of H-pyrrole nitrogens is 1. The Morgan fingerprint density at radius 1 is 1.23 bits per heavy atom. The zero-order valence-electron chi connectivity index (χ0n) is 16.4. The van der Waals surface area contributed by atoms with Gasteiger partial charge in [0.1, 0.15) is 17.4 Å². The molecule has 0 spiro atoms. The molecule has 0 aliphatic rings. The van der Waals surface area contributed by atoms with Crippen molar-refractivity contribution in [3.05, 3.63) is 82.4 Å². The van der Waals surface area contributed by atoms with Crippen LogP contribution >= 0.6 is 0 Å². The second kappa shape index (κ2) is 9.92. The first kappa shape index (κ1) is 22.1. The molecule has 1 amide bonds. The molecule has 3 rings (SSSR count). The minimum absolute atomic E-state index is 0.0874. The Bertz CT molecular complexity index is 1080. The highest BCUT2D eigenvalue weighted by Crippen LogP contribution is 2.25. The molecule has 0 aliphatic carbocycles. The number of rotatable bonds is 8. The van der Waals surface area contributed by atoms with Gasteiger partial charge in [0.05, 0.1) is 18.3 Å². The summed E-state index contributed by atoms with van der Waals surface area (Å²) in [4.78, 5) is 29.9. The molecule has 0 fully saturated rings. The van der Waals surface area contributed by atoms with E-state index in [0.29, 0.717) is 11.6 Å². The molecule has 0 saturated heterocycles. The first-order chi connectivity index (χ1) is 14.8. The van der Waals surface area contributed by atoms with Crippen molar-refractivity contribution in [2.45, 2.75) is 19.1 Å². The Kier molecular flexibility index (Phi) is 7.06. The number of nitrogens with zero attached hydrogens (tertiary/aromatic N) is 1. The maximum absolute atomic E-state index is 13.6. The minimum atomic E-state index is -0.909. The highest BCUT2D eigenvalue weighted by molar-refractivity contribution is 5.93. The van der Waals surface area contributed by atoms with Gasteiger partial charge in [-0.05, 0) is 42.8 Å². The predicted molar refractivity (Wildman–Crippen MR) is 109 cm³/mol. The molecule has 0 aliphatic heterocycles. The SMILES string of the molecule is C[C@H](NC[C@@H](O)c1ccc(=O)[nH]c1)C(=O)Nc1ccc(Oc2ccc(F)cc2F)cn1. The molecule has 0 bridgehead atoms. The zero-order chi connectivity index (χ0) is 22.4. The van der Waals surface area contributed by atoms with Crippen LogP contribution in [0.1, 0.15) is 18.6 Å². The summed E-state index contributed by atoms with van der Waals surface area (Å²) < 4.78 is 31.9. The highest BCUT2D eigenvalue weighted by Gasteiger charge is 2.16. The maximum Gasteiger partial charge on any atom is 0.247 e. The fourth-order valence-corrected chi connectivity index (χ4v) is 2.56. The van der Waals surface area contributed by atoms with Crippen LogP contribution in [0.3, 0.4) is 0 Å². The molecule has 4 N–H and O–H groups in total. The summed E-state index contributed by atoms with van der Waals surface area (Å²) in [5.74, 6) is -1.65. The monoisotopic (exact) mass is 430 g/mol. The molecule has 1 aromatic carbocycles. The van der Waals surface area contributed by atoms with Crippen molar-refractivity contribution in [2.24, 2.45) is 0 Å². The number of carbonyl (C=O) groups is 1. The number of anilines is 1. The van der Waals surface area contributed by atoms with Crippen LogP contribution in [0.15, 0.2) is 59.7 Å². The maximum atomic E-state index is 13.6. The summed E-state index contributed by atoms with van der Waals surface area (Å²) in [5.41, 5.74) is 0.234. The Balaban J connectivity index is 1.51. The van der Waals surface area contributed by atoms with E-state index in [9.17, 15) is 23.5 Å². The third-order valence-electron chi connectivity index (χ3n) is 4.31. The molecule has 0 unspecified atom stereocenters. The van der Waals surface area contributed by atoms with Gasteiger partial charge in [-0.3, -0.25) is 9.59 Å². The molecule has 2 heterocycles. The number of aromatic amines is 1. The number of aliphatic hydroxyl groups is 1. The number of aliphatic hydroxyl groups excluding tert-OH is 1. The third-order valence-corrected chi connectivity index (χ3v) is 4.31. The number of hydrogen-bond donors (Lipinski definition) is 4. The summed E-state index contributed by atoms with van der Waals surface area (Å²) >= 11 is 0. The van der Waals surface area contributed by atoms with E-state index in [1.54, 1.807) is 6.92 Å². The Morgan fingerprint density at radius 2 is 2.03 bits per heavy atom. The summed E-state index contributed by atoms with van der Waals surface area (Å²) in [6, 6.07) is 8.04. The molecule has 3 aromatic rings. The molecule has 162 valence electrons. The third kappa shape index (κ3) is 6.17. The highest BCUT2D eigenvalue weighted by atomic mass is 19.1. The molecule has 2 atom stereocenters. The van der Waals surface area contributed by atoms with E-state index in [4.69, 9.17) is 4.74 Å². The predicted octanol–water partition coefficient (Wildman–Crippen LogP) is 2.49.